The van der Waals surface area contributed by atoms with E-state index in [2.05, 4.69) is 31.9 Å². The van der Waals surface area contributed by atoms with Crippen molar-refractivity contribution in [3.8, 4) is 0 Å². The average Bonchev–Trinajstić information content (AvgIpc) is 3.62. The second-order valence-electron chi connectivity index (χ2n) is 10.3. The molecule has 0 aliphatic carbocycles. The molecule has 1 aromatic heterocycles. The number of aromatic nitrogens is 1. The zero-order chi connectivity index (χ0) is 26.6. The lowest BCUT2D eigenvalue weighted by molar-refractivity contribution is 0.0786. The summed E-state index contributed by atoms with van der Waals surface area (Å²) >= 11 is 1.48. The third-order valence-corrected chi connectivity index (χ3v) is 8.19. The molecule has 6 rings (SSSR count). The summed E-state index contributed by atoms with van der Waals surface area (Å²) in [6.07, 6.45) is 2.76. The van der Waals surface area contributed by atoms with E-state index in [0.717, 1.165) is 49.0 Å². The van der Waals surface area contributed by atoms with Crippen LogP contribution < -0.4 is 10.7 Å². The topological polar surface area (TPSA) is 120 Å². The van der Waals surface area contributed by atoms with E-state index in [1.54, 1.807) is 37.0 Å². The molecule has 13 heteroatoms. The van der Waals surface area contributed by atoms with E-state index < -0.39 is 11.9 Å². The summed E-state index contributed by atoms with van der Waals surface area (Å²) in [5.41, 5.74) is 2.58. The number of piperazine rings is 1. The van der Waals surface area contributed by atoms with Gasteiger partial charge in [0.15, 0.2) is 5.84 Å². The molecule has 3 N–H and O–H groups in total. The third-order valence-electron chi connectivity index (χ3n) is 7.41. The number of carbonyl (C=O) groups excluding carboxylic acids is 1. The zero-order valence-corrected chi connectivity index (χ0v) is 22.5. The van der Waals surface area contributed by atoms with Gasteiger partial charge in [0.1, 0.15) is 22.7 Å². The number of benzene rings is 1. The number of aliphatic hydroxyl groups is 1. The number of thiazole rings is 1. The maximum atomic E-state index is 13.3. The Hall–Kier alpha value is -3.52. The van der Waals surface area contributed by atoms with Gasteiger partial charge in [-0.2, -0.15) is 0 Å². The number of nitrogens with two attached hydrogens (primary N) is 1. The van der Waals surface area contributed by atoms with Gasteiger partial charge in [-0.1, -0.05) is 12.1 Å². The minimum absolute atomic E-state index is 0.104. The molecular formula is C25H32N10O2S. The maximum absolute atomic E-state index is 13.3. The molecule has 2 aromatic rings. The predicted octanol–water partition coefficient (Wildman–Crippen LogP) is 1.36. The smallest absolute Gasteiger partial charge is 0.341 e. The van der Waals surface area contributed by atoms with Gasteiger partial charge in [-0.3, -0.25) is 9.80 Å². The Morgan fingerprint density at radius 1 is 1.13 bits per heavy atom. The molecule has 0 spiro atoms. The van der Waals surface area contributed by atoms with Gasteiger partial charge < -0.3 is 10.0 Å². The molecule has 1 unspecified atom stereocenters. The van der Waals surface area contributed by atoms with Crippen molar-refractivity contribution < 1.29 is 9.90 Å². The SMILES string of the molecule is CN1C(=O)N(CCN2CCN(c3ccc(C(C)(C)O)cc3)CC2)C2N=C3C(=C(c4nccs4)N=CN3N)N21. The number of hydrogen-bond donors (Lipinski definition) is 2. The first-order valence-corrected chi connectivity index (χ1v) is 13.5. The third kappa shape index (κ3) is 4.21. The molecule has 12 nitrogen and oxygen atoms in total. The molecule has 0 radical (unpaired) electrons. The van der Waals surface area contributed by atoms with Crippen LogP contribution in [0.3, 0.4) is 0 Å². The number of urea groups is 1. The number of fused-ring (bicyclic) bond motifs is 3. The summed E-state index contributed by atoms with van der Waals surface area (Å²) in [7, 11) is 1.75. The van der Waals surface area contributed by atoms with Gasteiger partial charge >= 0.3 is 6.03 Å². The Morgan fingerprint density at radius 2 is 1.87 bits per heavy atom. The highest BCUT2D eigenvalue weighted by Gasteiger charge is 2.51. The van der Waals surface area contributed by atoms with Gasteiger partial charge in [0.2, 0.25) is 6.29 Å². The number of carbonyl (C=O) groups is 1. The molecule has 4 aliphatic rings. The van der Waals surface area contributed by atoms with Crippen LogP contribution in [0.15, 0.2) is 51.5 Å². The number of hydrogen-bond acceptors (Lipinski definition) is 11. The molecule has 0 bridgehead atoms. The van der Waals surface area contributed by atoms with Crippen molar-refractivity contribution in [2.24, 2.45) is 15.8 Å². The Balaban J connectivity index is 1.11. The van der Waals surface area contributed by atoms with E-state index in [1.165, 1.54) is 22.7 Å². The minimum atomic E-state index is -0.843. The first-order chi connectivity index (χ1) is 18.2. The van der Waals surface area contributed by atoms with Gasteiger partial charge in [-0.05, 0) is 31.5 Å². The highest BCUT2D eigenvalue weighted by Crippen LogP contribution is 2.38. The van der Waals surface area contributed by atoms with Crippen molar-refractivity contribution in [2.75, 3.05) is 51.2 Å². The predicted molar refractivity (Wildman–Crippen MR) is 147 cm³/mol. The van der Waals surface area contributed by atoms with Crippen LogP contribution in [0.4, 0.5) is 10.5 Å². The molecular weight excluding hydrogens is 504 g/mol. The van der Waals surface area contributed by atoms with Crippen LogP contribution in [-0.4, -0.2) is 106 Å². The molecule has 2 saturated heterocycles. The average molecular weight is 537 g/mol. The molecule has 1 atom stereocenters. The number of amidine groups is 1. The largest absolute Gasteiger partial charge is 0.386 e. The first kappa shape index (κ1) is 24.8. The van der Waals surface area contributed by atoms with E-state index in [1.807, 2.05) is 22.5 Å². The van der Waals surface area contributed by atoms with Gasteiger partial charge in [0.25, 0.3) is 0 Å². The summed E-state index contributed by atoms with van der Waals surface area (Å²) in [6, 6.07) is 8.04. The van der Waals surface area contributed by atoms with Gasteiger partial charge in [-0.15, -0.1) is 11.3 Å². The lowest BCUT2D eigenvalue weighted by Gasteiger charge is -2.37. The molecule has 200 valence electrons. The van der Waals surface area contributed by atoms with Crippen molar-refractivity contribution in [2.45, 2.75) is 25.7 Å². The molecule has 1 aromatic carbocycles. The number of aliphatic imine (C=N–C) groups is 2. The number of rotatable bonds is 6. The van der Waals surface area contributed by atoms with E-state index in [4.69, 9.17) is 10.8 Å². The van der Waals surface area contributed by atoms with Crippen LogP contribution in [0.5, 0.6) is 0 Å². The van der Waals surface area contributed by atoms with E-state index in [-0.39, 0.29) is 6.03 Å². The molecule has 4 aliphatic heterocycles. The van der Waals surface area contributed by atoms with Gasteiger partial charge in [-0.25, -0.2) is 40.6 Å². The highest BCUT2D eigenvalue weighted by molar-refractivity contribution is 7.10. The van der Waals surface area contributed by atoms with Crippen LogP contribution in [0, 0.1) is 0 Å². The number of hydrazine groups is 2. The van der Waals surface area contributed by atoms with Crippen LogP contribution in [0.2, 0.25) is 0 Å². The van der Waals surface area contributed by atoms with E-state index >= 15 is 0 Å². The van der Waals surface area contributed by atoms with Crippen molar-refractivity contribution in [1.29, 1.82) is 0 Å². The fourth-order valence-electron chi connectivity index (χ4n) is 5.23. The van der Waals surface area contributed by atoms with Crippen LogP contribution in [0.25, 0.3) is 5.70 Å². The Bertz CT molecular complexity index is 1290. The van der Waals surface area contributed by atoms with E-state index in [0.29, 0.717) is 23.8 Å². The number of anilines is 1. The van der Waals surface area contributed by atoms with Crippen LogP contribution in [-0.2, 0) is 5.60 Å². The molecule has 5 heterocycles. The quantitative estimate of drug-likeness (QED) is 0.531. The fraction of sp³-hybridized carbons (Fsp3) is 0.440. The summed E-state index contributed by atoms with van der Waals surface area (Å²) in [6.45, 7) is 8.49. The van der Waals surface area contributed by atoms with Crippen molar-refractivity contribution in [1.82, 2.24) is 29.8 Å². The Labute approximate surface area is 225 Å². The highest BCUT2D eigenvalue weighted by atomic mass is 32.1. The van der Waals surface area contributed by atoms with Gasteiger partial charge in [0.05, 0.1) is 5.60 Å². The second kappa shape index (κ2) is 9.34. The van der Waals surface area contributed by atoms with Crippen molar-refractivity contribution in [3.63, 3.8) is 0 Å². The maximum Gasteiger partial charge on any atom is 0.341 e. The summed E-state index contributed by atoms with van der Waals surface area (Å²) in [5.74, 6) is 6.75. The lowest BCUT2D eigenvalue weighted by Crippen LogP contribution is -2.49. The van der Waals surface area contributed by atoms with Crippen molar-refractivity contribution in [3.05, 3.63) is 52.1 Å². The minimum Gasteiger partial charge on any atom is -0.386 e. The van der Waals surface area contributed by atoms with Crippen LogP contribution >= 0.6 is 11.3 Å². The van der Waals surface area contributed by atoms with E-state index in [9.17, 15) is 9.90 Å². The number of nitrogens with zero attached hydrogens (tertiary/aromatic N) is 9. The van der Waals surface area contributed by atoms with Crippen LogP contribution in [0.1, 0.15) is 24.4 Å². The molecule has 2 amide bonds. The standard InChI is InChI=1S/C25H32N10O2S/c1-25(2,37)17-4-6-18(7-5-17)32-12-9-31(10-13-32)11-14-33-23-29-21-20(35(23)30(3)24(33)36)19(28-16-34(21)26)22-27-8-15-38-22/h4-8,15-16,23,37H,9-14,26H2,1-3H3. The second-order valence-corrected chi connectivity index (χ2v) is 11.2. The zero-order valence-electron chi connectivity index (χ0n) is 21.7. The summed E-state index contributed by atoms with van der Waals surface area (Å²) in [5, 5.41) is 17.7. The Kier molecular flexibility index (Phi) is 6.10. The lowest BCUT2D eigenvalue weighted by atomic mass is 9.98. The molecule has 2 fully saturated rings. The van der Waals surface area contributed by atoms with Crippen molar-refractivity contribution >= 4 is 40.9 Å². The molecule has 0 saturated carbocycles. The monoisotopic (exact) mass is 536 g/mol. The number of amides is 2. The fourth-order valence-corrected chi connectivity index (χ4v) is 5.87. The molecule has 38 heavy (non-hydrogen) atoms. The summed E-state index contributed by atoms with van der Waals surface area (Å²) < 4.78 is 0. The first-order valence-electron chi connectivity index (χ1n) is 12.7. The normalized spacial score (nSPS) is 22.0. The Morgan fingerprint density at radius 3 is 2.53 bits per heavy atom. The summed E-state index contributed by atoms with van der Waals surface area (Å²) in [4.78, 5) is 33.5. The van der Waals surface area contributed by atoms with Gasteiger partial charge in [0, 0.05) is 63.6 Å².